The van der Waals surface area contributed by atoms with Gasteiger partial charge in [0.25, 0.3) is 0 Å². The first kappa shape index (κ1) is 71.7. The van der Waals surface area contributed by atoms with Crippen LogP contribution in [0.15, 0.2) is 36.5 Å². The lowest BCUT2D eigenvalue weighted by molar-refractivity contribution is -0.870. The molecule has 432 valence electrons. The standard InChI is InChI=1S/C64H125N2O6P/c1-6-8-10-12-14-16-18-20-22-24-26-27-28-29-30-31-32-33-34-35-36-37-38-39-40-42-44-46-48-50-52-54-56-58-64(68)65-62(61-72-73(69,70)71-60-59-66(3,4)5)63(67)57-55-53-51-49-47-45-43-41-25-23-21-19-17-15-13-11-9-7-2/h29-30,47,49,55,57,62-63,67H,6-28,31-46,48,50-54,56,58-61H2,1-5H3,(H-,65,68,69,70)/p+1/b30-29-,49-47+,57-55+. The zero-order valence-corrected chi connectivity index (χ0v) is 50.3. The van der Waals surface area contributed by atoms with Crippen LogP contribution in [0.25, 0.3) is 0 Å². The molecule has 0 aromatic rings. The SMILES string of the molecule is CCCCCCCCCCCCCC/C=C\CCCCCCCCCCCCCCCCCCCC(=O)NC(COP(=O)(O)OCC[N+](C)(C)C)C(O)/C=C/CC/C=C/CCCCCCCCCCCCCC. The number of likely N-dealkylation sites (N-methyl/N-ethyl adjacent to an activating group) is 1. The van der Waals surface area contributed by atoms with Crippen molar-refractivity contribution in [3.63, 3.8) is 0 Å². The van der Waals surface area contributed by atoms with Crippen molar-refractivity contribution in [2.45, 2.75) is 328 Å². The van der Waals surface area contributed by atoms with Gasteiger partial charge in [-0.3, -0.25) is 13.8 Å². The maximum Gasteiger partial charge on any atom is 0.472 e. The Morgan fingerprint density at radius 1 is 0.452 bits per heavy atom. The van der Waals surface area contributed by atoms with Crippen LogP contribution >= 0.6 is 7.82 Å². The Morgan fingerprint density at radius 2 is 0.753 bits per heavy atom. The van der Waals surface area contributed by atoms with Crippen molar-refractivity contribution in [2.75, 3.05) is 40.9 Å². The fourth-order valence-electron chi connectivity index (χ4n) is 9.59. The number of phosphoric acid groups is 1. The third-order valence-electron chi connectivity index (χ3n) is 14.6. The summed E-state index contributed by atoms with van der Waals surface area (Å²) in [5, 5.41) is 13.9. The minimum absolute atomic E-state index is 0.0576. The van der Waals surface area contributed by atoms with Crippen LogP contribution in [0.1, 0.15) is 316 Å². The van der Waals surface area contributed by atoms with E-state index >= 15 is 0 Å². The molecule has 3 unspecified atom stereocenters. The van der Waals surface area contributed by atoms with Gasteiger partial charge in [0.2, 0.25) is 5.91 Å². The molecule has 0 aliphatic carbocycles. The van der Waals surface area contributed by atoms with Crippen LogP contribution in [-0.2, 0) is 18.4 Å². The number of allylic oxidation sites excluding steroid dienone is 5. The van der Waals surface area contributed by atoms with Crippen molar-refractivity contribution in [3.05, 3.63) is 36.5 Å². The Hall–Kier alpha value is -1.28. The van der Waals surface area contributed by atoms with Gasteiger partial charge in [0.1, 0.15) is 13.2 Å². The number of unbranched alkanes of at least 4 members (excludes halogenated alkanes) is 42. The van der Waals surface area contributed by atoms with Gasteiger partial charge in [-0.05, 0) is 57.8 Å². The van der Waals surface area contributed by atoms with E-state index in [-0.39, 0.29) is 19.1 Å². The molecule has 0 fully saturated rings. The number of aliphatic hydroxyl groups is 1. The number of carbonyl (C=O) groups excluding carboxylic acids is 1. The van der Waals surface area contributed by atoms with E-state index in [4.69, 9.17) is 9.05 Å². The Bertz CT molecular complexity index is 1280. The van der Waals surface area contributed by atoms with Crippen molar-refractivity contribution in [2.24, 2.45) is 0 Å². The number of hydrogen-bond donors (Lipinski definition) is 3. The maximum atomic E-state index is 13.0. The first-order valence-electron chi connectivity index (χ1n) is 31.9. The second-order valence-corrected chi connectivity index (χ2v) is 24.6. The number of carbonyl (C=O) groups is 1. The van der Waals surface area contributed by atoms with Crippen molar-refractivity contribution in [3.8, 4) is 0 Å². The summed E-state index contributed by atoms with van der Waals surface area (Å²) in [7, 11) is 1.57. The number of hydrogen-bond acceptors (Lipinski definition) is 5. The van der Waals surface area contributed by atoms with Crippen LogP contribution in [0.3, 0.4) is 0 Å². The fourth-order valence-corrected chi connectivity index (χ4v) is 10.3. The second-order valence-electron chi connectivity index (χ2n) is 23.1. The van der Waals surface area contributed by atoms with Crippen LogP contribution in [-0.4, -0.2) is 73.4 Å². The summed E-state index contributed by atoms with van der Waals surface area (Å²) in [6, 6.07) is -0.862. The summed E-state index contributed by atoms with van der Waals surface area (Å²) < 4.78 is 23.7. The third kappa shape index (κ3) is 58.2. The molecule has 0 saturated heterocycles. The summed E-state index contributed by atoms with van der Waals surface area (Å²) in [4.78, 5) is 23.3. The second kappa shape index (κ2) is 55.5. The molecule has 0 aromatic heterocycles. The largest absolute Gasteiger partial charge is 0.472 e. The molecular formula is C64H126N2O6P+. The van der Waals surface area contributed by atoms with Gasteiger partial charge in [0.05, 0.1) is 39.9 Å². The highest BCUT2D eigenvalue weighted by atomic mass is 31.2. The first-order valence-corrected chi connectivity index (χ1v) is 33.4. The van der Waals surface area contributed by atoms with Crippen molar-refractivity contribution in [1.82, 2.24) is 5.32 Å². The van der Waals surface area contributed by atoms with Crippen LogP contribution in [0.4, 0.5) is 0 Å². The predicted molar refractivity (Wildman–Crippen MR) is 318 cm³/mol. The summed E-state index contributed by atoms with van der Waals surface area (Å²) in [6.07, 6.45) is 72.8. The molecule has 8 nitrogen and oxygen atoms in total. The Morgan fingerprint density at radius 3 is 1.10 bits per heavy atom. The van der Waals surface area contributed by atoms with Gasteiger partial charge < -0.3 is 19.8 Å². The normalized spacial score (nSPS) is 14.0. The number of amides is 1. The number of phosphoric ester groups is 1. The van der Waals surface area contributed by atoms with Crippen LogP contribution < -0.4 is 5.32 Å². The highest BCUT2D eigenvalue weighted by molar-refractivity contribution is 7.47. The van der Waals surface area contributed by atoms with E-state index in [1.165, 1.54) is 257 Å². The molecule has 0 aromatic carbocycles. The molecule has 0 aliphatic rings. The zero-order chi connectivity index (χ0) is 53.5. The van der Waals surface area contributed by atoms with E-state index < -0.39 is 20.0 Å². The van der Waals surface area contributed by atoms with Gasteiger partial charge in [0.15, 0.2) is 0 Å². The molecule has 0 rings (SSSR count). The molecule has 0 heterocycles. The van der Waals surface area contributed by atoms with Crippen LogP contribution in [0.2, 0.25) is 0 Å². The quantitative estimate of drug-likeness (QED) is 0.0243. The van der Waals surface area contributed by atoms with Crippen molar-refractivity contribution < 1.29 is 32.9 Å². The molecule has 73 heavy (non-hydrogen) atoms. The molecule has 0 saturated carbocycles. The lowest BCUT2D eigenvalue weighted by Crippen LogP contribution is -2.45. The topological polar surface area (TPSA) is 105 Å². The average molecular weight is 1050 g/mol. The van der Waals surface area contributed by atoms with Gasteiger partial charge in [-0.1, -0.05) is 288 Å². The predicted octanol–water partition coefficient (Wildman–Crippen LogP) is 19.7. The molecule has 3 atom stereocenters. The van der Waals surface area contributed by atoms with Gasteiger partial charge in [-0.15, -0.1) is 0 Å². The Kier molecular flexibility index (Phi) is 54.5. The van der Waals surface area contributed by atoms with E-state index in [0.717, 1.165) is 38.5 Å². The highest BCUT2D eigenvalue weighted by Crippen LogP contribution is 2.43. The van der Waals surface area contributed by atoms with E-state index in [1.54, 1.807) is 6.08 Å². The first-order chi connectivity index (χ1) is 35.5. The van der Waals surface area contributed by atoms with Gasteiger partial charge >= 0.3 is 7.82 Å². The molecule has 9 heteroatoms. The number of quaternary nitrogens is 1. The number of rotatable bonds is 59. The zero-order valence-electron chi connectivity index (χ0n) is 49.4. The van der Waals surface area contributed by atoms with E-state index in [2.05, 4.69) is 43.5 Å². The lowest BCUT2D eigenvalue weighted by atomic mass is 10.0. The molecule has 0 spiro atoms. The van der Waals surface area contributed by atoms with Crippen LogP contribution in [0.5, 0.6) is 0 Å². The molecular weight excluding hydrogens is 924 g/mol. The van der Waals surface area contributed by atoms with Gasteiger partial charge in [0, 0.05) is 6.42 Å². The molecule has 0 bridgehead atoms. The smallest absolute Gasteiger partial charge is 0.387 e. The Balaban J connectivity index is 4.05. The number of aliphatic hydroxyl groups excluding tert-OH is 1. The fraction of sp³-hybridized carbons (Fsp3) is 0.891. The van der Waals surface area contributed by atoms with E-state index in [0.29, 0.717) is 17.4 Å². The number of nitrogens with zero attached hydrogens (tertiary/aromatic N) is 1. The summed E-state index contributed by atoms with van der Waals surface area (Å²) in [6.45, 7) is 4.84. The minimum atomic E-state index is -4.35. The van der Waals surface area contributed by atoms with Gasteiger partial charge in [-0.2, -0.15) is 0 Å². The summed E-state index contributed by atoms with van der Waals surface area (Å²) >= 11 is 0. The molecule has 0 aliphatic heterocycles. The third-order valence-corrected chi connectivity index (χ3v) is 15.6. The molecule has 3 N–H and O–H groups in total. The van der Waals surface area contributed by atoms with Gasteiger partial charge in [-0.25, -0.2) is 4.57 Å². The monoisotopic (exact) mass is 1050 g/mol. The molecule has 1 amide bonds. The van der Waals surface area contributed by atoms with E-state index in [9.17, 15) is 19.4 Å². The lowest BCUT2D eigenvalue weighted by Gasteiger charge is -2.25. The Labute approximate surface area is 455 Å². The molecule has 0 radical (unpaired) electrons. The summed E-state index contributed by atoms with van der Waals surface area (Å²) in [5.41, 5.74) is 0. The summed E-state index contributed by atoms with van der Waals surface area (Å²) in [5.74, 6) is -0.182. The number of nitrogens with one attached hydrogen (secondary N) is 1. The maximum absolute atomic E-state index is 13.0. The van der Waals surface area contributed by atoms with E-state index in [1.807, 2.05) is 27.2 Å². The highest BCUT2D eigenvalue weighted by Gasteiger charge is 2.27. The van der Waals surface area contributed by atoms with Crippen molar-refractivity contribution in [1.29, 1.82) is 0 Å². The average Bonchev–Trinajstić information content (AvgIpc) is 3.35. The minimum Gasteiger partial charge on any atom is -0.387 e. The van der Waals surface area contributed by atoms with Crippen LogP contribution in [0, 0.1) is 0 Å². The van der Waals surface area contributed by atoms with Crippen molar-refractivity contribution >= 4 is 13.7 Å².